The molecule has 4 aromatic rings. The molecule has 0 aliphatic rings. The summed E-state index contributed by atoms with van der Waals surface area (Å²) in [6, 6.07) is 16.6. The van der Waals surface area contributed by atoms with E-state index in [1.807, 2.05) is 61.6 Å². The van der Waals surface area contributed by atoms with Crippen LogP contribution >= 0.6 is 0 Å². The predicted molar refractivity (Wildman–Crippen MR) is 173 cm³/mol. The molecule has 0 saturated heterocycles. The van der Waals surface area contributed by atoms with Crippen molar-refractivity contribution in [3.63, 3.8) is 0 Å². The molecular formula is C31H50N12+2. The highest BCUT2D eigenvalue weighted by molar-refractivity contribution is 5.53. The first kappa shape index (κ1) is 34.7. The zero-order valence-electron chi connectivity index (χ0n) is 25.1. The van der Waals surface area contributed by atoms with Crippen LogP contribution in [0.3, 0.4) is 0 Å². The lowest BCUT2D eigenvalue weighted by Gasteiger charge is -2.25. The van der Waals surface area contributed by atoms with E-state index in [2.05, 4.69) is 78.6 Å². The second kappa shape index (κ2) is 16.8. The molecular weight excluding hydrogens is 540 g/mol. The Balaban J connectivity index is 0.00000323. The molecule has 0 saturated carbocycles. The van der Waals surface area contributed by atoms with Gasteiger partial charge in [-0.2, -0.15) is 0 Å². The van der Waals surface area contributed by atoms with E-state index >= 15 is 0 Å². The Kier molecular flexibility index (Phi) is 13.6. The highest BCUT2D eigenvalue weighted by Gasteiger charge is 2.13. The molecule has 0 N–H and O–H groups in total. The molecule has 0 spiro atoms. The topological polar surface area (TPSA) is 99.3 Å². The molecule has 0 bridgehead atoms. The third kappa shape index (κ3) is 9.25. The van der Waals surface area contributed by atoms with Gasteiger partial charge in [0.05, 0.1) is 39.6 Å². The standard InChI is InChI=1S/C29H42N12.2CH4/c1-7-40(26-16-12-24(13-17-26)32-34-28-36(3)22-30-38(28)5)20-10-9-11-21-41(8-2)27-18-14-25(15-19-27)33-35-29-37(4)23-31-39(29)6;;/h12-19,22-23H,7-11,20-21H2,1-6H3;2*1H4/q+2;;. The zero-order valence-corrected chi connectivity index (χ0v) is 25.1. The van der Waals surface area contributed by atoms with Gasteiger partial charge in [0.2, 0.25) is 12.7 Å². The largest absolute Gasteiger partial charge is 0.403 e. The summed E-state index contributed by atoms with van der Waals surface area (Å²) in [5.74, 6) is 1.39. The van der Waals surface area contributed by atoms with Crippen LogP contribution in [0.1, 0.15) is 48.0 Å². The van der Waals surface area contributed by atoms with Crippen LogP contribution in [0.5, 0.6) is 0 Å². The molecule has 2 heterocycles. The van der Waals surface area contributed by atoms with Gasteiger partial charge in [0.15, 0.2) is 0 Å². The number of hydrogen-bond acceptors (Lipinski definition) is 8. The van der Waals surface area contributed by atoms with Gasteiger partial charge in [-0.15, -0.1) is 9.36 Å². The van der Waals surface area contributed by atoms with Crippen molar-refractivity contribution in [1.82, 2.24) is 19.6 Å². The van der Waals surface area contributed by atoms with Crippen LogP contribution in [0, 0.1) is 0 Å². The van der Waals surface area contributed by atoms with E-state index in [1.54, 1.807) is 22.0 Å². The average Bonchev–Trinajstić information content (AvgIpc) is 3.49. The summed E-state index contributed by atoms with van der Waals surface area (Å²) in [5.41, 5.74) is 4.07. The van der Waals surface area contributed by atoms with E-state index in [9.17, 15) is 0 Å². The monoisotopic (exact) mass is 590 g/mol. The maximum atomic E-state index is 4.37. The lowest BCUT2D eigenvalue weighted by atomic mass is 10.2. The second-order valence-corrected chi connectivity index (χ2v) is 9.98. The van der Waals surface area contributed by atoms with Crippen LogP contribution in [0.25, 0.3) is 0 Å². The van der Waals surface area contributed by atoms with Crippen LogP contribution in [0.4, 0.5) is 34.6 Å². The van der Waals surface area contributed by atoms with Gasteiger partial charge in [0, 0.05) is 47.8 Å². The molecule has 4 rings (SSSR count). The van der Waals surface area contributed by atoms with Crippen molar-refractivity contribution >= 4 is 34.6 Å². The Morgan fingerprint density at radius 1 is 0.605 bits per heavy atom. The highest BCUT2D eigenvalue weighted by atomic mass is 15.4. The quantitative estimate of drug-likeness (QED) is 0.0960. The van der Waals surface area contributed by atoms with Crippen molar-refractivity contribution in [1.29, 1.82) is 0 Å². The Hall–Kier alpha value is -4.48. The summed E-state index contributed by atoms with van der Waals surface area (Å²) in [7, 11) is 7.52. The molecule has 232 valence electrons. The lowest BCUT2D eigenvalue weighted by molar-refractivity contribution is -0.659. The molecule has 0 unspecified atom stereocenters. The number of aromatic nitrogens is 6. The number of azo groups is 2. The summed E-state index contributed by atoms with van der Waals surface area (Å²) >= 11 is 0. The van der Waals surface area contributed by atoms with Crippen LogP contribution in [-0.4, -0.2) is 45.7 Å². The van der Waals surface area contributed by atoms with E-state index in [0.29, 0.717) is 11.9 Å². The lowest BCUT2D eigenvalue weighted by Crippen LogP contribution is -2.25. The molecule has 43 heavy (non-hydrogen) atoms. The molecule has 0 atom stereocenters. The Bertz CT molecular complexity index is 1290. The maximum Gasteiger partial charge on any atom is 0.403 e. The molecule has 2 aromatic carbocycles. The zero-order chi connectivity index (χ0) is 29.2. The Labute approximate surface area is 257 Å². The van der Waals surface area contributed by atoms with Crippen molar-refractivity contribution in [3.05, 3.63) is 61.2 Å². The third-order valence-electron chi connectivity index (χ3n) is 7.06. The number of nitrogens with zero attached hydrogens (tertiary/aromatic N) is 12. The fourth-order valence-corrected chi connectivity index (χ4v) is 4.63. The highest BCUT2D eigenvalue weighted by Crippen LogP contribution is 2.23. The summed E-state index contributed by atoms with van der Waals surface area (Å²) in [6.07, 6.45) is 6.90. The van der Waals surface area contributed by atoms with Crippen molar-refractivity contribution in [3.8, 4) is 0 Å². The van der Waals surface area contributed by atoms with Gasteiger partial charge in [-0.3, -0.25) is 0 Å². The van der Waals surface area contributed by atoms with Gasteiger partial charge in [-0.25, -0.2) is 9.13 Å². The first-order valence-corrected chi connectivity index (χ1v) is 14.2. The minimum atomic E-state index is 0. The second-order valence-electron chi connectivity index (χ2n) is 9.98. The van der Waals surface area contributed by atoms with Crippen molar-refractivity contribution in [2.24, 2.45) is 48.6 Å². The molecule has 0 aliphatic heterocycles. The van der Waals surface area contributed by atoms with Gasteiger partial charge in [0.25, 0.3) is 0 Å². The molecule has 12 nitrogen and oxygen atoms in total. The van der Waals surface area contributed by atoms with Gasteiger partial charge in [-0.05, 0) is 91.8 Å². The maximum absolute atomic E-state index is 4.37. The van der Waals surface area contributed by atoms with Crippen molar-refractivity contribution < 1.29 is 9.13 Å². The number of rotatable bonds is 14. The first-order valence-electron chi connectivity index (χ1n) is 14.2. The number of anilines is 2. The normalized spacial score (nSPS) is 11.1. The van der Waals surface area contributed by atoms with Crippen molar-refractivity contribution in [2.75, 3.05) is 36.0 Å². The Morgan fingerprint density at radius 2 is 0.977 bits per heavy atom. The summed E-state index contributed by atoms with van der Waals surface area (Å²) < 4.78 is 7.08. The minimum Gasteiger partial charge on any atom is -0.372 e. The number of unbranched alkanes of at least 4 members (excludes halogenated alkanes) is 2. The van der Waals surface area contributed by atoms with Gasteiger partial charge in [-0.1, -0.05) is 25.1 Å². The van der Waals surface area contributed by atoms with Crippen LogP contribution < -0.4 is 18.9 Å². The number of benzene rings is 2. The molecule has 0 aliphatic carbocycles. The molecule has 2 aromatic heterocycles. The third-order valence-corrected chi connectivity index (χ3v) is 7.06. The molecule has 0 radical (unpaired) electrons. The molecule has 0 amide bonds. The Morgan fingerprint density at radius 3 is 1.28 bits per heavy atom. The van der Waals surface area contributed by atoms with E-state index in [0.717, 1.165) is 50.4 Å². The molecule has 12 heteroatoms. The fraction of sp³-hybridized carbons (Fsp3) is 0.484. The number of aryl methyl sites for hydroxylation is 4. The van der Waals surface area contributed by atoms with Crippen LogP contribution in [0.2, 0.25) is 0 Å². The smallest absolute Gasteiger partial charge is 0.372 e. The van der Waals surface area contributed by atoms with Crippen LogP contribution in [-0.2, 0) is 28.2 Å². The molecule has 0 fully saturated rings. The van der Waals surface area contributed by atoms with Crippen LogP contribution in [0.15, 0.2) is 81.6 Å². The van der Waals surface area contributed by atoms with E-state index in [1.165, 1.54) is 17.8 Å². The minimum absolute atomic E-state index is 0. The van der Waals surface area contributed by atoms with E-state index < -0.39 is 0 Å². The van der Waals surface area contributed by atoms with Crippen molar-refractivity contribution in [2.45, 2.75) is 48.0 Å². The van der Waals surface area contributed by atoms with Gasteiger partial charge < -0.3 is 9.80 Å². The SMILES string of the molecule is C.C.CCN(CCCCCN(CC)c1ccc(N=Nc2n(C)nc[n+]2C)cc1)c1ccc(N=Nc2n(C)nc[n+]2C)cc1. The fourth-order valence-electron chi connectivity index (χ4n) is 4.63. The van der Waals surface area contributed by atoms with Gasteiger partial charge in [0.1, 0.15) is 0 Å². The number of hydrogen-bond donors (Lipinski definition) is 0. The first-order chi connectivity index (χ1) is 19.9. The predicted octanol–water partition coefficient (Wildman–Crippen LogP) is 6.43. The van der Waals surface area contributed by atoms with E-state index in [4.69, 9.17) is 0 Å². The summed E-state index contributed by atoms with van der Waals surface area (Å²) in [5, 5.41) is 25.8. The van der Waals surface area contributed by atoms with Gasteiger partial charge >= 0.3 is 11.9 Å². The summed E-state index contributed by atoms with van der Waals surface area (Å²) in [6.45, 7) is 8.40. The average molecular weight is 591 g/mol. The van der Waals surface area contributed by atoms with E-state index in [-0.39, 0.29) is 14.9 Å². The summed E-state index contributed by atoms with van der Waals surface area (Å²) in [4.78, 5) is 4.83.